The van der Waals surface area contributed by atoms with E-state index in [9.17, 15) is 13.2 Å². The summed E-state index contributed by atoms with van der Waals surface area (Å²) in [6.07, 6.45) is 0.923. The molecule has 0 bridgehead atoms. The van der Waals surface area contributed by atoms with Gasteiger partial charge < -0.3 is 14.4 Å². The number of anilines is 1. The number of thiazole rings is 1. The van der Waals surface area contributed by atoms with Gasteiger partial charge in [0, 0.05) is 32.1 Å². The van der Waals surface area contributed by atoms with Crippen LogP contribution in [0.15, 0.2) is 41.3 Å². The van der Waals surface area contributed by atoms with E-state index in [4.69, 9.17) is 14.5 Å². The number of aromatic nitrogens is 1. The van der Waals surface area contributed by atoms with E-state index in [2.05, 4.69) is 18.7 Å². The number of rotatable bonds is 11. The van der Waals surface area contributed by atoms with E-state index >= 15 is 0 Å². The fourth-order valence-electron chi connectivity index (χ4n) is 4.92. The molecule has 1 aliphatic rings. The molecule has 11 heteroatoms. The molecule has 2 aromatic carbocycles. The van der Waals surface area contributed by atoms with Crippen LogP contribution in [0.1, 0.15) is 32.3 Å². The highest BCUT2D eigenvalue weighted by molar-refractivity contribution is 7.89. The molecule has 1 aromatic heterocycles. The molecule has 4 rings (SSSR count). The predicted octanol–water partition coefficient (Wildman–Crippen LogP) is 4.40. The maximum absolute atomic E-state index is 14.0. The summed E-state index contributed by atoms with van der Waals surface area (Å²) in [6.45, 7) is 9.89. The van der Waals surface area contributed by atoms with E-state index in [0.29, 0.717) is 49.1 Å². The maximum Gasteiger partial charge on any atom is 0.243 e. The third-order valence-electron chi connectivity index (χ3n) is 7.44. The molecule has 9 nitrogen and oxygen atoms in total. The molecule has 0 radical (unpaired) electrons. The molecule has 212 valence electrons. The fraction of sp³-hybridized carbons (Fsp3) is 0.500. The number of hydrogen-bond acceptors (Lipinski definition) is 8. The lowest BCUT2D eigenvalue weighted by atomic mass is 9.96. The van der Waals surface area contributed by atoms with E-state index in [1.54, 1.807) is 43.4 Å². The van der Waals surface area contributed by atoms with E-state index in [0.717, 1.165) is 35.4 Å². The molecule has 0 aliphatic carbocycles. The summed E-state index contributed by atoms with van der Waals surface area (Å²) in [7, 11) is -0.475. The average molecular weight is 575 g/mol. The first-order valence-corrected chi connectivity index (χ1v) is 15.6. The van der Waals surface area contributed by atoms with Gasteiger partial charge in [-0.1, -0.05) is 31.3 Å². The highest BCUT2D eigenvalue weighted by Crippen LogP contribution is 2.37. The number of ether oxygens (including phenoxy) is 2. The molecule has 39 heavy (non-hydrogen) atoms. The van der Waals surface area contributed by atoms with E-state index in [-0.39, 0.29) is 16.7 Å². The topological polar surface area (TPSA) is 92.3 Å². The van der Waals surface area contributed by atoms with Gasteiger partial charge in [0.25, 0.3) is 0 Å². The van der Waals surface area contributed by atoms with Crippen LogP contribution < -0.4 is 14.4 Å². The summed E-state index contributed by atoms with van der Waals surface area (Å²) in [5.41, 5.74) is 1.85. The number of benzene rings is 2. The fourth-order valence-corrected chi connectivity index (χ4v) is 7.47. The molecule has 3 aromatic rings. The van der Waals surface area contributed by atoms with Gasteiger partial charge in [0.15, 0.2) is 5.13 Å². The molecule has 1 amide bonds. The first-order valence-electron chi connectivity index (χ1n) is 13.4. The Morgan fingerprint density at radius 2 is 1.69 bits per heavy atom. The van der Waals surface area contributed by atoms with E-state index < -0.39 is 10.0 Å². The Labute approximate surface area is 235 Å². The molecule has 0 spiro atoms. The number of fused-ring (bicyclic) bond motifs is 1. The largest absolute Gasteiger partial charge is 0.497 e. The molecule has 1 fully saturated rings. The highest BCUT2D eigenvalue weighted by atomic mass is 32.2. The third kappa shape index (κ3) is 6.21. The molecule has 2 heterocycles. The summed E-state index contributed by atoms with van der Waals surface area (Å²) in [4.78, 5) is 23.1. The quantitative estimate of drug-likeness (QED) is 0.335. The number of hydrogen-bond donors (Lipinski definition) is 0. The molecule has 0 unspecified atom stereocenters. The molecule has 1 aliphatic heterocycles. The summed E-state index contributed by atoms with van der Waals surface area (Å²) >= 11 is 1.50. The van der Waals surface area contributed by atoms with Crippen LogP contribution in [0.4, 0.5) is 5.13 Å². The molecule has 0 saturated carbocycles. The van der Waals surface area contributed by atoms with Crippen molar-refractivity contribution in [3.8, 4) is 11.5 Å². The van der Waals surface area contributed by atoms with Gasteiger partial charge in [0.1, 0.15) is 17.0 Å². The number of carbonyl (C=O) groups is 1. The van der Waals surface area contributed by atoms with Gasteiger partial charge in [-0.3, -0.25) is 9.69 Å². The highest BCUT2D eigenvalue weighted by Gasteiger charge is 2.35. The Morgan fingerprint density at radius 1 is 1.03 bits per heavy atom. The number of sulfonamides is 1. The summed E-state index contributed by atoms with van der Waals surface area (Å²) in [5.74, 6) is 1.01. The zero-order chi connectivity index (χ0) is 28.2. The lowest BCUT2D eigenvalue weighted by Crippen LogP contribution is -2.46. The van der Waals surface area contributed by atoms with Crippen LogP contribution in [0, 0.1) is 12.8 Å². The van der Waals surface area contributed by atoms with Gasteiger partial charge in [-0.05, 0) is 68.8 Å². The van der Waals surface area contributed by atoms with Crippen LogP contribution in [0.2, 0.25) is 0 Å². The van der Waals surface area contributed by atoms with Gasteiger partial charge in [0.05, 0.1) is 23.8 Å². The second kappa shape index (κ2) is 12.6. The van der Waals surface area contributed by atoms with Crippen molar-refractivity contribution in [3.63, 3.8) is 0 Å². The Kier molecular flexibility index (Phi) is 9.47. The summed E-state index contributed by atoms with van der Waals surface area (Å²) < 4.78 is 39.6. The van der Waals surface area contributed by atoms with Crippen molar-refractivity contribution in [2.75, 3.05) is 58.4 Å². The van der Waals surface area contributed by atoms with Crippen LogP contribution in [-0.2, 0) is 14.8 Å². The number of nitrogens with zero attached hydrogens (tertiary/aromatic N) is 4. The van der Waals surface area contributed by atoms with Crippen molar-refractivity contribution in [1.29, 1.82) is 0 Å². The number of likely N-dealkylation sites (N-methyl/N-ethyl adjacent to an activating group) is 1. The van der Waals surface area contributed by atoms with Gasteiger partial charge in [-0.15, -0.1) is 0 Å². The SMILES string of the molecule is CCN(CC)CCN(C(=O)C1CCN(S(=O)(=O)c2ccc(OC)cc2)CC1)c1nc2c(OC)ccc(C)c2s1. The standard InChI is InChI=1S/C28H38N4O5S2/c1-6-30(7-2)18-19-32(28-29-25-24(37-5)13-8-20(3)26(25)38-28)27(33)21-14-16-31(17-15-21)39(34,35)23-11-9-22(36-4)10-12-23/h8-13,21H,6-7,14-19H2,1-5H3. The van der Waals surface area contributed by atoms with Crippen molar-refractivity contribution in [2.45, 2.75) is 38.5 Å². The maximum atomic E-state index is 14.0. The zero-order valence-electron chi connectivity index (χ0n) is 23.3. The predicted molar refractivity (Wildman–Crippen MR) is 156 cm³/mol. The lowest BCUT2D eigenvalue weighted by Gasteiger charge is -2.33. The zero-order valence-corrected chi connectivity index (χ0v) is 25.0. The molecular formula is C28H38N4O5S2. The average Bonchev–Trinajstić information content (AvgIpc) is 3.41. The number of amides is 1. The summed E-state index contributed by atoms with van der Waals surface area (Å²) in [6, 6.07) is 10.3. The summed E-state index contributed by atoms with van der Waals surface area (Å²) in [5, 5.41) is 0.656. The normalized spacial score (nSPS) is 15.1. The van der Waals surface area contributed by atoms with Crippen LogP contribution in [0.3, 0.4) is 0 Å². The van der Waals surface area contributed by atoms with Crippen LogP contribution in [0.5, 0.6) is 11.5 Å². The minimum Gasteiger partial charge on any atom is -0.497 e. The first-order chi connectivity index (χ1) is 18.7. The van der Waals surface area contributed by atoms with Crippen molar-refractivity contribution in [2.24, 2.45) is 5.92 Å². The van der Waals surface area contributed by atoms with Crippen molar-refractivity contribution >= 4 is 42.6 Å². The Hall–Kier alpha value is -2.73. The second-order valence-corrected chi connectivity index (χ2v) is 12.5. The number of carbonyl (C=O) groups excluding carboxylic acids is 1. The monoisotopic (exact) mass is 574 g/mol. The lowest BCUT2D eigenvalue weighted by molar-refractivity contribution is -0.123. The molecular weight excluding hydrogens is 536 g/mol. The van der Waals surface area contributed by atoms with Gasteiger partial charge in [0.2, 0.25) is 15.9 Å². The first kappa shape index (κ1) is 29.3. The third-order valence-corrected chi connectivity index (χ3v) is 10.6. The second-order valence-electron chi connectivity index (χ2n) is 9.63. The van der Waals surface area contributed by atoms with Crippen molar-refractivity contribution < 1.29 is 22.7 Å². The van der Waals surface area contributed by atoms with Crippen LogP contribution in [-0.4, -0.2) is 82.0 Å². The van der Waals surface area contributed by atoms with Crippen LogP contribution >= 0.6 is 11.3 Å². The Morgan fingerprint density at radius 3 is 2.28 bits per heavy atom. The van der Waals surface area contributed by atoms with Gasteiger partial charge in [-0.25, -0.2) is 13.4 Å². The minimum atomic E-state index is -3.64. The molecule has 1 saturated heterocycles. The minimum absolute atomic E-state index is 0.000623. The van der Waals surface area contributed by atoms with Crippen molar-refractivity contribution in [3.05, 3.63) is 42.0 Å². The Bertz CT molecular complexity index is 1380. The van der Waals surface area contributed by atoms with Gasteiger partial charge >= 0.3 is 0 Å². The Balaban J connectivity index is 1.55. The van der Waals surface area contributed by atoms with Crippen molar-refractivity contribution in [1.82, 2.24) is 14.2 Å². The number of aryl methyl sites for hydroxylation is 1. The molecule has 0 N–H and O–H groups in total. The number of piperidine rings is 1. The molecule has 0 atom stereocenters. The smallest absolute Gasteiger partial charge is 0.243 e. The van der Waals surface area contributed by atoms with Crippen LogP contribution in [0.25, 0.3) is 10.2 Å². The van der Waals surface area contributed by atoms with E-state index in [1.807, 2.05) is 19.1 Å². The van der Waals surface area contributed by atoms with E-state index in [1.165, 1.54) is 15.6 Å². The number of methoxy groups -OCH3 is 2. The van der Waals surface area contributed by atoms with Gasteiger partial charge in [-0.2, -0.15) is 4.31 Å².